The summed E-state index contributed by atoms with van der Waals surface area (Å²) in [5.41, 5.74) is 6.21. The lowest BCUT2D eigenvalue weighted by molar-refractivity contribution is -0.0222. The molecule has 1 aliphatic heterocycles. The van der Waals surface area contributed by atoms with Crippen molar-refractivity contribution in [3.63, 3.8) is 0 Å². The molecule has 3 heteroatoms. The standard InChI is InChI=1S/C28H33NO2/c1-21-18-25(30-3)19-22(2)26(21)20-31-28(24-14-8-5-9-15-24)27(29-16-10-11-17-29)23-12-6-4-7-13-23/h4-9,12-15,18-19,27-28H,10-11,16-17,20H2,1-3H3/t27-,28-/m1/s1. The summed E-state index contributed by atoms with van der Waals surface area (Å²) in [6.45, 7) is 7.10. The van der Waals surface area contributed by atoms with Gasteiger partial charge < -0.3 is 9.47 Å². The van der Waals surface area contributed by atoms with Gasteiger partial charge in [0.25, 0.3) is 0 Å². The van der Waals surface area contributed by atoms with E-state index in [-0.39, 0.29) is 12.1 Å². The van der Waals surface area contributed by atoms with Crippen LogP contribution in [0.4, 0.5) is 0 Å². The molecular formula is C28H33NO2. The highest BCUT2D eigenvalue weighted by atomic mass is 16.5. The normalized spacial score (nSPS) is 16.2. The highest BCUT2D eigenvalue weighted by Gasteiger charge is 2.32. The zero-order chi connectivity index (χ0) is 21.6. The average molecular weight is 416 g/mol. The smallest absolute Gasteiger partial charge is 0.119 e. The van der Waals surface area contributed by atoms with E-state index in [1.807, 2.05) is 0 Å². The van der Waals surface area contributed by atoms with Gasteiger partial charge in [0.1, 0.15) is 11.9 Å². The minimum Gasteiger partial charge on any atom is -0.497 e. The Morgan fingerprint density at radius 3 is 1.90 bits per heavy atom. The van der Waals surface area contributed by atoms with Gasteiger partial charge in [0, 0.05) is 0 Å². The maximum atomic E-state index is 6.80. The van der Waals surface area contributed by atoms with Gasteiger partial charge >= 0.3 is 0 Å². The zero-order valence-corrected chi connectivity index (χ0v) is 18.9. The van der Waals surface area contributed by atoms with Crippen LogP contribution in [0.15, 0.2) is 72.8 Å². The molecular weight excluding hydrogens is 382 g/mol. The molecule has 4 rings (SSSR count). The highest BCUT2D eigenvalue weighted by molar-refractivity contribution is 5.41. The minimum atomic E-state index is -0.0393. The van der Waals surface area contributed by atoms with E-state index >= 15 is 0 Å². The molecule has 2 atom stereocenters. The molecule has 3 aromatic carbocycles. The van der Waals surface area contributed by atoms with Crippen molar-refractivity contribution in [2.75, 3.05) is 20.2 Å². The summed E-state index contributed by atoms with van der Waals surface area (Å²) in [5, 5.41) is 0. The molecule has 0 spiro atoms. The van der Waals surface area contributed by atoms with Gasteiger partial charge in [-0.2, -0.15) is 0 Å². The van der Waals surface area contributed by atoms with Crippen molar-refractivity contribution in [2.45, 2.75) is 45.4 Å². The zero-order valence-electron chi connectivity index (χ0n) is 18.9. The third-order valence-corrected chi connectivity index (χ3v) is 6.40. The van der Waals surface area contributed by atoms with Gasteiger partial charge in [0.05, 0.1) is 19.8 Å². The molecule has 0 N–H and O–H groups in total. The Morgan fingerprint density at radius 2 is 1.35 bits per heavy atom. The molecule has 0 aromatic heterocycles. The summed E-state index contributed by atoms with van der Waals surface area (Å²) in [7, 11) is 1.72. The average Bonchev–Trinajstić information content (AvgIpc) is 3.33. The molecule has 3 nitrogen and oxygen atoms in total. The van der Waals surface area contributed by atoms with Crippen LogP contribution in [0.1, 0.15) is 52.8 Å². The summed E-state index contributed by atoms with van der Waals surface area (Å²) in [6, 6.07) is 25.9. The monoisotopic (exact) mass is 415 g/mol. The largest absolute Gasteiger partial charge is 0.497 e. The van der Waals surface area contributed by atoms with Crippen molar-refractivity contribution < 1.29 is 9.47 Å². The van der Waals surface area contributed by atoms with Crippen LogP contribution in [0.3, 0.4) is 0 Å². The van der Waals surface area contributed by atoms with Crippen molar-refractivity contribution in [2.24, 2.45) is 0 Å². The summed E-state index contributed by atoms with van der Waals surface area (Å²) < 4.78 is 12.2. The van der Waals surface area contributed by atoms with Crippen LogP contribution < -0.4 is 4.74 Å². The van der Waals surface area contributed by atoms with Crippen LogP contribution in [0.2, 0.25) is 0 Å². The van der Waals surface area contributed by atoms with Gasteiger partial charge in [-0.25, -0.2) is 0 Å². The number of nitrogens with zero attached hydrogens (tertiary/aromatic N) is 1. The molecule has 162 valence electrons. The first kappa shape index (κ1) is 21.6. The molecule has 0 bridgehead atoms. The summed E-state index contributed by atoms with van der Waals surface area (Å²) >= 11 is 0. The van der Waals surface area contributed by atoms with Crippen LogP contribution in [-0.4, -0.2) is 25.1 Å². The van der Waals surface area contributed by atoms with E-state index in [2.05, 4.69) is 91.5 Å². The third kappa shape index (κ3) is 5.00. The molecule has 0 aliphatic carbocycles. The molecule has 0 saturated carbocycles. The van der Waals surface area contributed by atoms with Crippen LogP contribution in [0.25, 0.3) is 0 Å². The maximum absolute atomic E-state index is 6.80. The van der Waals surface area contributed by atoms with E-state index in [1.165, 1.54) is 40.7 Å². The van der Waals surface area contributed by atoms with Gasteiger partial charge in [-0.3, -0.25) is 4.90 Å². The SMILES string of the molecule is COc1cc(C)c(CO[C@H](c2ccccc2)[C@@H](c2ccccc2)N2CCCC2)c(C)c1. The fourth-order valence-electron chi connectivity index (χ4n) is 4.73. The lowest BCUT2D eigenvalue weighted by atomic mass is 9.94. The lowest BCUT2D eigenvalue weighted by Crippen LogP contribution is -2.32. The number of hydrogen-bond acceptors (Lipinski definition) is 3. The Hall–Kier alpha value is -2.62. The lowest BCUT2D eigenvalue weighted by Gasteiger charge is -2.35. The summed E-state index contributed by atoms with van der Waals surface area (Å²) in [5.74, 6) is 0.901. The predicted octanol–water partition coefficient (Wildman–Crippen LogP) is 6.41. The molecule has 1 heterocycles. The molecule has 0 unspecified atom stereocenters. The van der Waals surface area contributed by atoms with Crippen LogP contribution in [-0.2, 0) is 11.3 Å². The van der Waals surface area contributed by atoms with Gasteiger partial charge in [-0.05, 0) is 79.7 Å². The third-order valence-electron chi connectivity index (χ3n) is 6.40. The topological polar surface area (TPSA) is 21.7 Å². The van der Waals surface area contributed by atoms with Crippen molar-refractivity contribution in [3.05, 3.63) is 101 Å². The summed E-state index contributed by atoms with van der Waals surface area (Å²) in [6.07, 6.45) is 2.46. The molecule has 31 heavy (non-hydrogen) atoms. The van der Waals surface area contributed by atoms with Crippen LogP contribution in [0, 0.1) is 13.8 Å². The first-order valence-electron chi connectivity index (χ1n) is 11.3. The first-order valence-corrected chi connectivity index (χ1v) is 11.3. The quantitative estimate of drug-likeness (QED) is 0.424. The predicted molar refractivity (Wildman–Crippen MR) is 126 cm³/mol. The van der Waals surface area contributed by atoms with Gasteiger partial charge in [-0.1, -0.05) is 60.7 Å². The van der Waals surface area contributed by atoms with Crippen LogP contribution in [0.5, 0.6) is 5.75 Å². The molecule has 1 saturated heterocycles. The van der Waals surface area contributed by atoms with Gasteiger partial charge in [-0.15, -0.1) is 0 Å². The van der Waals surface area contributed by atoms with Crippen molar-refractivity contribution >= 4 is 0 Å². The van der Waals surface area contributed by atoms with Crippen LogP contribution >= 0.6 is 0 Å². The minimum absolute atomic E-state index is 0.0393. The number of benzene rings is 3. The van der Waals surface area contributed by atoms with Gasteiger partial charge in [0.15, 0.2) is 0 Å². The Kier molecular flexibility index (Phi) is 7.06. The van der Waals surface area contributed by atoms with Gasteiger partial charge in [0.2, 0.25) is 0 Å². The molecule has 3 aromatic rings. The number of aryl methyl sites for hydroxylation is 2. The Balaban J connectivity index is 1.69. The first-order chi connectivity index (χ1) is 15.2. The number of likely N-dealkylation sites (tertiary alicyclic amines) is 1. The van der Waals surface area contributed by atoms with Crippen molar-refractivity contribution in [1.82, 2.24) is 4.90 Å². The van der Waals surface area contributed by atoms with Crippen molar-refractivity contribution in [1.29, 1.82) is 0 Å². The second kappa shape index (κ2) is 10.1. The van der Waals surface area contributed by atoms with E-state index in [0.717, 1.165) is 18.8 Å². The van der Waals surface area contributed by atoms with E-state index in [4.69, 9.17) is 9.47 Å². The van der Waals surface area contributed by atoms with E-state index in [1.54, 1.807) is 7.11 Å². The molecule has 1 aliphatic rings. The highest BCUT2D eigenvalue weighted by Crippen LogP contribution is 2.39. The molecule has 1 fully saturated rings. The van der Waals surface area contributed by atoms with Crippen molar-refractivity contribution in [3.8, 4) is 5.75 Å². The molecule has 0 amide bonds. The number of hydrogen-bond donors (Lipinski definition) is 0. The Morgan fingerprint density at radius 1 is 0.806 bits per heavy atom. The second-order valence-electron chi connectivity index (χ2n) is 8.48. The fourth-order valence-corrected chi connectivity index (χ4v) is 4.73. The van der Waals surface area contributed by atoms with E-state index in [0.29, 0.717) is 6.61 Å². The second-order valence-corrected chi connectivity index (χ2v) is 8.48. The number of methoxy groups -OCH3 is 1. The maximum Gasteiger partial charge on any atom is 0.119 e. The number of rotatable bonds is 8. The summed E-state index contributed by atoms with van der Waals surface area (Å²) in [4.78, 5) is 2.60. The number of ether oxygens (including phenoxy) is 2. The van der Waals surface area contributed by atoms with E-state index in [9.17, 15) is 0 Å². The fraction of sp³-hybridized carbons (Fsp3) is 0.357. The Labute approximate surface area is 186 Å². The molecule has 0 radical (unpaired) electrons. The van der Waals surface area contributed by atoms with E-state index < -0.39 is 0 Å². The Bertz CT molecular complexity index is 942.